The Kier molecular flexibility index (Phi) is 6.91. The highest BCUT2D eigenvalue weighted by atomic mass is 35.5. The Hall–Kier alpha value is -2.87. The molecule has 1 N–H and O–H groups in total. The number of nitrogens with zero attached hydrogens (tertiary/aromatic N) is 1. The first-order valence-electron chi connectivity index (χ1n) is 7.41. The molecule has 0 unspecified atom stereocenters. The Morgan fingerprint density at radius 1 is 1.08 bits per heavy atom. The lowest BCUT2D eigenvalue weighted by Gasteiger charge is -2.29. The number of non-ortho nitro benzene ring substituents is 1. The molecule has 0 saturated carbocycles. The van der Waals surface area contributed by atoms with E-state index >= 15 is 0 Å². The number of carbonyl (C=O) groups excluding carboxylic acids is 2. The molecule has 1 aromatic carbocycles. The Morgan fingerprint density at radius 2 is 1.58 bits per heavy atom. The molecule has 140 valence electrons. The van der Waals surface area contributed by atoms with Gasteiger partial charge in [0.15, 0.2) is 0 Å². The van der Waals surface area contributed by atoms with E-state index in [0.29, 0.717) is 17.0 Å². The van der Waals surface area contributed by atoms with Crippen molar-refractivity contribution in [1.82, 2.24) is 5.32 Å². The molecular formula is C17H19ClN2O6. The maximum atomic E-state index is 12.3. The number of benzene rings is 1. The summed E-state index contributed by atoms with van der Waals surface area (Å²) in [7, 11) is 2.46. The third kappa shape index (κ3) is 3.85. The molecule has 0 atom stereocenters. The van der Waals surface area contributed by atoms with Crippen LogP contribution in [0.1, 0.15) is 25.3 Å². The molecule has 0 aliphatic carbocycles. The summed E-state index contributed by atoms with van der Waals surface area (Å²) in [6, 6.07) is 5.80. The minimum Gasteiger partial charge on any atom is -0.466 e. The fourth-order valence-electron chi connectivity index (χ4n) is 2.91. The molecule has 1 aliphatic heterocycles. The van der Waals surface area contributed by atoms with E-state index in [1.54, 1.807) is 19.9 Å². The van der Waals surface area contributed by atoms with Crippen molar-refractivity contribution in [3.8, 4) is 0 Å². The lowest BCUT2D eigenvalue weighted by atomic mass is 9.80. The van der Waals surface area contributed by atoms with Gasteiger partial charge >= 0.3 is 11.9 Å². The van der Waals surface area contributed by atoms with E-state index < -0.39 is 22.8 Å². The molecule has 0 spiro atoms. The molecule has 0 aromatic heterocycles. The number of nitro groups is 1. The van der Waals surface area contributed by atoms with Gasteiger partial charge < -0.3 is 14.8 Å². The van der Waals surface area contributed by atoms with Crippen molar-refractivity contribution in [2.45, 2.75) is 19.8 Å². The fraction of sp³-hybridized carbons (Fsp3) is 0.294. The first kappa shape index (κ1) is 21.2. The van der Waals surface area contributed by atoms with Crippen LogP contribution in [0.3, 0.4) is 0 Å². The summed E-state index contributed by atoms with van der Waals surface area (Å²) in [5.41, 5.74) is 1.71. The zero-order valence-electron chi connectivity index (χ0n) is 14.7. The van der Waals surface area contributed by atoms with Crippen molar-refractivity contribution in [3.05, 3.63) is 62.5 Å². The number of hydrogen-bond acceptors (Lipinski definition) is 7. The first-order chi connectivity index (χ1) is 11.8. The minimum atomic E-state index is -0.832. The zero-order chi connectivity index (χ0) is 18.7. The minimum absolute atomic E-state index is 0. The summed E-state index contributed by atoms with van der Waals surface area (Å²) in [5, 5.41) is 14.1. The molecule has 0 saturated heterocycles. The van der Waals surface area contributed by atoms with Crippen molar-refractivity contribution in [2.24, 2.45) is 0 Å². The number of nitrogens with one attached hydrogen (secondary N) is 1. The third-order valence-corrected chi connectivity index (χ3v) is 3.99. The van der Waals surface area contributed by atoms with Crippen molar-refractivity contribution < 1.29 is 24.0 Å². The second-order valence-electron chi connectivity index (χ2n) is 5.47. The van der Waals surface area contributed by atoms with Crippen LogP contribution in [0.15, 0.2) is 46.8 Å². The number of hydrogen-bond donors (Lipinski definition) is 1. The number of methoxy groups -OCH3 is 2. The normalized spacial score (nSPS) is 14.3. The SMILES string of the molecule is COC(=O)C1=C(C)NC(C)=C(C(=O)OC)C1c1cccc([N+](=O)[O-])c1.Cl. The second kappa shape index (κ2) is 8.48. The first-order valence-corrected chi connectivity index (χ1v) is 7.41. The van der Waals surface area contributed by atoms with Gasteiger partial charge in [0.1, 0.15) is 0 Å². The van der Waals surface area contributed by atoms with Gasteiger partial charge in [-0.1, -0.05) is 12.1 Å². The smallest absolute Gasteiger partial charge is 0.336 e. The predicted molar refractivity (Wildman–Crippen MR) is 95.7 cm³/mol. The molecule has 26 heavy (non-hydrogen) atoms. The van der Waals surface area contributed by atoms with Crippen LogP contribution in [0.5, 0.6) is 0 Å². The topological polar surface area (TPSA) is 108 Å². The number of ether oxygens (including phenoxy) is 2. The standard InChI is InChI=1S/C17H18N2O6.ClH/c1-9-13(16(20)24-3)15(14(10(2)18-9)17(21)25-4)11-6-5-7-12(8-11)19(22)23;/h5-8,15,18H,1-4H3;1H. The van der Waals surface area contributed by atoms with E-state index in [1.807, 2.05) is 0 Å². The number of nitro benzene ring substituents is 1. The van der Waals surface area contributed by atoms with Crippen LogP contribution in [0.25, 0.3) is 0 Å². The fourth-order valence-corrected chi connectivity index (χ4v) is 2.91. The lowest BCUT2D eigenvalue weighted by Crippen LogP contribution is -2.32. The molecule has 1 aromatic rings. The molecule has 2 rings (SSSR count). The van der Waals surface area contributed by atoms with Crippen LogP contribution in [0, 0.1) is 10.1 Å². The van der Waals surface area contributed by atoms with Gasteiger partial charge in [-0.15, -0.1) is 12.4 Å². The van der Waals surface area contributed by atoms with Gasteiger partial charge in [-0.05, 0) is 19.4 Å². The average molecular weight is 383 g/mol. The Balaban J connectivity index is 0.00000338. The largest absolute Gasteiger partial charge is 0.466 e. The number of rotatable bonds is 4. The van der Waals surface area contributed by atoms with E-state index in [2.05, 4.69) is 5.32 Å². The number of carbonyl (C=O) groups is 2. The van der Waals surface area contributed by atoms with E-state index in [9.17, 15) is 19.7 Å². The lowest BCUT2D eigenvalue weighted by molar-refractivity contribution is -0.384. The quantitative estimate of drug-likeness (QED) is 0.484. The predicted octanol–water partition coefficient (Wildman–Crippen LogP) is 2.60. The molecule has 0 radical (unpaired) electrons. The van der Waals surface area contributed by atoms with Gasteiger partial charge in [-0.25, -0.2) is 9.59 Å². The molecule has 9 heteroatoms. The van der Waals surface area contributed by atoms with Crippen LogP contribution >= 0.6 is 12.4 Å². The summed E-state index contributed by atoms with van der Waals surface area (Å²) < 4.78 is 9.68. The van der Waals surface area contributed by atoms with Gasteiger partial charge in [0, 0.05) is 23.5 Å². The van der Waals surface area contributed by atoms with Crippen LogP contribution < -0.4 is 5.32 Å². The van der Waals surface area contributed by atoms with Crippen LogP contribution in [0.2, 0.25) is 0 Å². The number of dihydropyridines is 1. The Morgan fingerprint density at radius 3 is 2.00 bits per heavy atom. The molecular weight excluding hydrogens is 364 g/mol. The molecule has 1 aliphatic rings. The third-order valence-electron chi connectivity index (χ3n) is 3.99. The van der Waals surface area contributed by atoms with Crippen molar-refractivity contribution >= 4 is 30.0 Å². The van der Waals surface area contributed by atoms with Crippen molar-refractivity contribution in [2.75, 3.05) is 14.2 Å². The summed E-state index contributed by atoms with van der Waals surface area (Å²) >= 11 is 0. The van der Waals surface area contributed by atoms with Gasteiger partial charge in [-0.3, -0.25) is 10.1 Å². The molecule has 1 heterocycles. The number of esters is 2. The van der Waals surface area contributed by atoms with E-state index in [4.69, 9.17) is 9.47 Å². The summed E-state index contributed by atoms with van der Waals surface area (Å²) in [4.78, 5) is 35.2. The van der Waals surface area contributed by atoms with Gasteiger partial charge in [0.2, 0.25) is 0 Å². The van der Waals surface area contributed by atoms with Gasteiger partial charge in [0.05, 0.1) is 36.2 Å². The van der Waals surface area contributed by atoms with Crippen LogP contribution in [0.4, 0.5) is 5.69 Å². The van der Waals surface area contributed by atoms with E-state index in [0.717, 1.165) is 0 Å². The highest BCUT2D eigenvalue weighted by Crippen LogP contribution is 2.39. The van der Waals surface area contributed by atoms with Crippen LogP contribution in [-0.4, -0.2) is 31.1 Å². The number of allylic oxidation sites excluding steroid dienone is 2. The Labute approximate surface area is 156 Å². The molecule has 0 fully saturated rings. The van der Waals surface area contributed by atoms with Crippen molar-refractivity contribution in [3.63, 3.8) is 0 Å². The highest BCUT2D eigenvalue weighted by Gasteiger charge is 2.38. The molecule has 0 amide bonds. The summed E-state index contributed by atoms with van der Waals surface area (Å²) in [5.74, 6) is -2.09. The highest BCUT2D eigenvalue weighted by molar-refractivity contribution is 5.99. The maximum absolute atomic E-state index is 12.3. The average Bonchev–Trinajstić information content (AvgIpc) is 2.59. The molecule has 0 bridgehead atoms. The van der Waals surface area contributed by atoms with Gasteiger partial charge in [0.25, 0.3) is 5.69 Å². The summed E-state index contributed by atoms with van der Waals surface area (Å²) in [6.07, 6.45) is 0. The van der Waals surface area contributed by atoms with Crippen molar-refractivity contribution in [1.29, 1.82) is 0 Å². The summed E-state index contributed by atoms with van der Waals surface area (Å²) in [6.45, 7) is 3.35. The second-order valence-corrected chi connectivity index (χ2v) is 5.47. The van der Waals surface area contributed by atoms with Crippen LogP contribution in [-0.2, 0) is 19.1 Å². The maximum Gasteiger partial charge on any atom is 0.336 e. The Bertz CT molecular complexity index is 777. The van der Waals surface area contributed by atoms with E-state index in [-0.39, 0.29) is 29.2 Å². The van der Waals surface area contributed by atoms with Gasteiger partial charge in [-0.2, -0.15) is 0 Å². The monoisotopic (exact) mass is 382 g/mol. The molecule has 8 nitrogen and oxygen atoms in total. The zero-order valence-corrected chi connectivity index (χ0v) is 15.5. The van der Waals surface area contributed by atoms with E-state index in [1.165, 1.54) is 32.4 Å². The number of halogens is 1.